The topological polar surface area (TPSA) is 52.3 Å². The fourth-order valence-corrected chi connectivity index (χ4v) is 1.77. The van der Waals surface area contributed by atoms with E-state index in [0.29, 0.717) is 6.42 Å². The minimum atomic E-state index is -0.0748. The van der Waals surface area contributed by atoms with Gasteiger partial charge in [-0.3, -0.25) is 4.79 Å². The van der Waals surface area contributed by atoms with Gasteiger partial charge >= 0.3 is 5.97 Å². The predicted octanol–water partition coefficient (Wildman–Crippen LogP) is 1.99. The van der Waals surface area contributed by atoms with E-state index in [9.17, 15) is 4.79 Å². The zero-order chi connectivity index (χ0) is 10.4. The molecule has 3 heteroatoms. The van der Waals surface area contributed by atoms with Gasteiger partial charge in [-0.15, -0.1) is 0 Å². The molecule has 0 aromatic carbocycles. The number of esters is 1. The summed E-state index contributed by atoms with van der Waals surface area (Å²) in [6, 6.07) is 0.0916. The molecule has 1 aliphatic carbocycles. The molecule has 14 heavy (non-hydrogen) atoms. The van der Waals surface area contributed by atoms with Gasteiger partial charge in [0.2, 0.25) is 0 Å². The molecule has 0 aromatic heterocycles. The maximum absolute atomic E-state index is 11.3. The normalized spacial score (nSPS) is 20.4. The third kappa shape index (κ3) is 4.61. The molecule has 0 aliphatic heterocycles. The highest BCUT2D eigenvalue weighted by atomic mass is 16.5. The van der Waals surface area contributed by atoms with Crippen molar-refractivity contribution in [2.75, 3.05) is 0 Å². The molecule has 0 saturated heterocycles. The largest absolute Gasteiger partial charge is 0.462 e. The first kappa shape index (κ1) is 11.5. The number of rotatable bonds is 4. The summed E-state index contributed by atoms with van der Waals surface area (Å²) in [5, 5.41) is 0. The monoisotopic (exact) mass is 199 g/mol. The lowest BCUT2D eigenvalue weighted by atomic mass is 9.98. The number of ether oxygens (including phenoxy) is 1. The van der Waals surface area contributed by atoms with Crippen molar-refractivity contribution in [3.63, 3.8) is 0 Å². The Labute approximate surface area is 86.0 Å². The first-order chi connectivity index (χ1) is 6.68. The highest BCUT2D eigenvalue weighted by molar-refractivity contribution is 5.69. The van der Waals surface area contributed by atoms with Crippen LogP contribution in [-0.4, -0.2) is 18.1 Å². The van der Waals surface area contributed by atoms with Crippen molar-refractivity contribution in [1.82, 2.24) is 0 Å². The first-order valence-corrected chi connectivity index (χ1v) is 5.63. The van der Waals surface area contributed by atoms with Crippen LogP contribution in [0.15, 0.2) is 0 Å². The van der Waals surface area contributed by atoms with Crippen LogP contribution >= 0.6 is 0 Å². The van der Waals surface area contributed by atoms with E-state index in [4.69, 9.17) is 10.5 Å². The van der Waals surface area contributed by atoms with E-state index in [2.05, 4.69) is 0 Å². The number of hydrogen-bond acceptors (Lipinski definition) is 3. The fourth-order valence-electron chi connectivity index (χ4n) is 1.77. The summed E-state index contributed by atoms with van der Waals surface area (Å²) in [5.74, 6) is -0.0748. The molecule has 0 radical (unpaired) electrons. The van der Waals surface area contributed by atoms with Gasteiger partial charge in [0.25, 0.3) is 0 Å². The van der Waals surface area contributed by atoms with Gasteiger partial charge < -0.3 is 10.5 Å². The first-order valence-electron chi connectivity index (χ1n) is 5.63. The summed E-state index contributed by atoms with van der Waals surface area (Å²) in [7, 11) is 0. The molecule has 0 bridgehead atoms. The molecule has 82 valence electrons. The van der Waals surface area contributed by atoms with Gasteiger partial charge in [-0.2, -0.15) is 0 Å². The molecule has 1 fully saturated rings. The average Bonchev–Trinajstić information content (AvgIpc) is 2.16. The maximum Gasteiger partial charge on any atom is 0.306 e. The van der Waals surface area contributed by atoms with Crippen molar-refractivity contribution in [3.05, 3.63) is 0 Å². The molecule has 1 unspecified atom stereocenters. The quantitative estimate of drug-likeness (QED) is 0.704. The number of carbonyl (C=O) groups is 1. The van der Waals surface area contributed by atoms with Gasteiger partial charge in [0.15, 0.2) is 0 Å². The molecule has 1 atom stereocenters. The van der Waals surface area contributed by atoms with E-state index in [-0.39, 0.29) is 18.1 Å². The van der Waals surface area contributed by atoms with Crippen LogP contribution in [0.4, 0.5) is 0 Å². The summed E-state index contributed by atoms with van der Waals surface area (Å²) < 4.78 is 5.35. The van der Waals surface area contributed by atoms with Crippen molar-refractivity contribution >= 4 is 5.97 Å². The SMILES string of the molecule is CC(N)CCC(=O)OC1CCCCC1. The summed E-state index contributed by atoms with van der Waals surface area (Å²) in [6.07, 6.45) is 7.15. The summed E-state index contributed by atoms with van der Waals surface area (Å²) in [6.45, 7) is 1.91. The van der Waals surface area contributed by atoms with Crippen LogP contribution in [0.25, 0.3) is 0 Å². The van der Waals surface area contributed by atoms with Crippen LogP contribution in [-0.2, 0) is 9.53 Å². The van der Waals surface area contributed by atoms with E-state index in [1.54, 1.807) is 0 Å². The second-order valence-corrected chi connectivity index (χ2v) is 4.27. The molecular formula is C11H21NO2. The number of hydrogen-bond donors (Lipinski definition) is 1. The lowest BCUT2D eigenvalue weighted by Crippen LogP contribution is -2.23. The average molecular weight is 199 g/mol. The van der Waals surface area contributed by atoms with E-state index in [1.165, 1.54) is 19.3 Å². The highest BCUT2D eigenvalue weighted by Gasteiger charge is 2.17. The zero-order valence-corrected chi connectivity index (χ0v) is 9.00. The Balaban J connectivity index is 2.12. The standard InChI is InChI=1S/C11H21NO2/c1-9(12)7-8-11(13)14-10-5-3-2-4-6-10/h9-10H,2-8,12H2,1H3. The van der Waals surface area contributed by atoms with Crippen molar-refractivity contribution in [1.29, 1.82) is 0 Å². The van der Waals surface area contributed by atoms with Crippen molar-refractivity contribution in [2.24, 2.45) is 5.73 Å². The fraction of sp³-hybridized carbons (Fsp3) is 0.909. The van der Waals surface area contributed by atoms with Crippen LogP contribution in [0.1, 0.15) is 51.9 Å². The van der Waals surface area contributed by atoms with Crippen LogP contribution in [0.3, 0.4) is 0 Å². The molecule has 0 heterocycles. The number of carbonyl (C=O) groups excluding carboxylic acids is 1. The molecule has 1 saturated carbocycles. The van der Waals surface area contributed by atoms with Gasteiger partial charge in [0, 0.05) is 12.5 Å². The van der Waals surface area contributed by atoms with Crippen molar-refractivity contribution in [3.8, 4) is 0 Å². The molecule has 0 spiro atoms. The van der Waals surface area contributed by atoms with Gasteiger partial charge in [-0.25, -0.2) is 0 Å². The van der Waals surface area contributed by atoms with E-state index in [0.717, 1.165) is 19.3 Å². The Morgan fingerprint density at radius 2 is 2.07 bits per heavy atom. The summed E-state index contributed by atoms with van der Waals surface area (Å²) >= 11 is 0. The Morgan fingerprint density at radius 1 is 1.43 bits per heavy atom. The smallest absolute Gasteiger partial charge is 0.306 e. The van der Waals surface area contributed by atoms with Gasteiger partial charge in [-0.05, 0) is 39.0 Å². The molecule has 0 aromatic rings. The minimum Gasteiger partial charge on any atom is -0.462 e. The lowest BCUT2D eigenvalue weighted by molar-refractivity contribution is -0.150. The van der Waals surface area contributed by atoms with E-state index < -0.39 is 0 Å². The Hall–Kier alpha value is -0.570. The van der Waals surface area contributed by atoms with Crippen LogP contribution in [0.2, 0.25) is 0 Å². The molecule has 1 aliphatic rings. The summed E-state index contributed by atoms with van der Waals surface area (Å²) in [4.78, 5) is 11.3. The third-order valence-electron chi connectivity index (χ3n) is 2.65. The Morgan fingerprint density at radius 3 is 2.64 bits per heavy atom. The van der Waals surface area contributed by atoms with E-state index in [1.807, 2.05) is 6.92 Å². The predicted molar refractivity (Wildman–Crippen MR) is 55.8 cm³/mol. The van der Waals surface area contributed by atoms with Gasteiger partial charge in [0.05, 0.1) is 0 Å². The van der Waals surface area contributed by atoms with Crippen LogP contribution < -0.4 is 5.73 Å². The Kier molecular flexibility index (Phi) is 4.94. The van der Waals surface area contributed by atoms with Crippen LogP contribution in [0.5, 0.6) is 0 Å². The molecule has 0 amide bonds. The van der Waals surface area contributed by atoms with Crippen LogP contribution in [0, 0.1) is 0 Å². The zero-order valence-electron chi connectivity index (χ0n) is 9.00. The second-order valence-electron chi connectivity index (χ2n) is 4.27. The highest BCUT2D eigenvalue weighted by Crippen LogP contribution is 2.20. The van der Waals surface area contributed by atoms with Crippen molar-refractivity contribution in [2.45, 2.75) is 64.0 Å². The van der Waals surface area contributed by atoms with Crippen molar-refractivity contribution < 1.29 is 9.53 Å². The summed E-state index contributed by atoms with van der Waals surface area (Å²) in [5.41, 5.74) is 5.57. The molecule has 1 rings (SSSR count). The second kappa shape index (κ2) is 6.02. The van der Waals surface area contributed by atoms with E-state index >= 15 is 0 Å². The number of nitrogens with two attached hydrogens (primary N) is 1. The maximum atomic E-state index is 11.3. The van der Waals surface area contributed by atoms with Gasteiger partial charge in [-0.1, -0.05) is 6.42 Å². The third-order valence-corrected chi connectivity index (χ3v) is 2.65. The molecule has 2 N–H and O–H groups in total. The molecular weight excluding hydrogens is 178 g/mol. The van der Waals surface area contributed by atoms with Gasteiger partial charge in [0.1, 0.15) is 6.10 Å². The lowest BCUT2D eigenvalue weighted by Gasteiger charge is -2.21. The minimum absolute atomic E-state index is 0.0748. The Bertz CT molecular complexity index is 174. The molecule has 3 nitrogen and oxygen atoms in total.